The van der Waals surface area contributed by atoms with Crippen molar-refractivity contribution >= 4 is 11.6 Å². The summed E-state index contributed by atoms with van der Waals surface area (Å²) in [5.74, 6) is 1.03. The van der Waals surface area contributed by atoms with E-state index in [1.165, 1.54) is 16.7 Å². The van der Waals surface area contributed by atoms with Crippen LogP contribution in [0, 0.1) is 6.92 Å². The maximum absolute atomic E-state index is 5.98. The molecule has 0 saturated heterocycles. The van der Waals surface area contributed by atoms with Gasteiger partial charge in [0.15, 0.2) is 0 Å². The van der Waals surface area contributed by atoms with Crippen molar-refractivity contribution in [1.29, 1.82) is 0 Å². The van der Waals surface area contributed by atoms with E-state index < -0.39 is 0 Å². The maximum atomic E-state index is 5.98. The molecule has 2 nitrogen and oxygen atoms in total. The third kappa shape index (κ3) is 3.39. The van der Waals surface area contributed by atoms with Crippen LogP contribution in [0.25, 0.3) is 0 Å². The van der Waals surface area contributed by atoms with E-state index in [1.807, 2.05) is 12.1 Å². The van der Waals surface area contributed by atoms with Gasteiger partial charge >= 0.3 is 0 Å². The van der Waals surface area contributed by atoms with Gasteiger partial charge in [0.05, 0.1) is 0 Å². The van der Waals surface area contributed by atoms with Crippen LogP contribution in [0.15, 0.2) is 42.5 Å². The molecule has 0 bridgehead atoms. The largest absolute Gasteiger partial charge is 0.488 e. The van der Waals surface area contributed by atoms with Gasteiger partial charge in [0.1, 0.15) is 11.9 Å². The second-order valence-electron chi connectivity index (χ2n) is 5.74. The predicted molar refractivity (Wildman–Crippen MR) is 87.2 cm³/mol. The summed E-state index contributed by atoms with van der Waals surface area (Å²) in [6.45, 7) is 5.13. The molecule has 0 saturated carbocycles. The molecule has 1 heterocycles. The first-order valence-electron chi connectivity index (χ1n) is 7.37. The van der Waals surface area contributed by atoms with Crippen molar-refractivity contribution in [3.63, 3.8) is 0 Å². The van der Waals surface area contributed by atoms with Crippen LogP contribution in [0.3, 0.4) is 0 Å². The van der Waals surface area contributed by atoms with Crippen LogP contribution in [0.4, 0.5) is 0 Å². The fourth-order valence-corrected chi connectivity index (χ4v) is 2.87. The standard InChI is InChI=1S/C18H20ClNO/c1-12-3-8-18-15(9-12)10-17(21-18)11-20-13(2)14-4-6-16(19)7-5-14/h3-9,13,17,20H,10-11H2,1-2H3/t13-,17?/m1/s1. The number of fused-ring (bicyclic) bond motifs is 1. The molecule has 3 heteroatoms. The fraction of sp³-hybridized carbons (Fsp3) is 0.333. The Kier molecular flexibility index (Phi) is 4.18. The van der Waals surface area contributed by atoms with Crippen molar-refractivity contribution < 1.29 is 4.74 Å². The zero-order chi connectivity index (χ0) is 14.8. The van der Waals surface area contributed by atoms with Gasteiger partial charge < -0.3 is 10.1 Å². The summed E-state index contributed by atoms with van der Waals surface area (Å²) in [4.78, 5) is 0. The number of halogens is 1. The third-order valence-electron chi connectivity index (χ3n) is 3.98. The number of hydrogen-bond acceptors (Lipinski definition) is 2. The molecule has 0 radical (unpaired) electrons. The number of hydrogen-bond donors (Lipinski definition) is 1. The minimum Gasteiger partial charge on any atom is -0.488 e. The summed E-state index contributed by atoms with van der Waals surface area (Å²) >= 11 is 5.92. The van der Waals surface area contributed by atoms with Gasteiger partial charge in [-0.1, -0.05) is 41.4 Å². The quantitative estimate of drug-likeness (QED) is 0.909. The molecule has 21 heavy (non-hydrogen) atoms. The van der Waals surface area contributed by atoms with E-state index in [0.29, 0.717) is 0 Å². The van der Waals surface area contributed by atoms with Gasteiger partial charge in [0.25, 0.3) is 0 Å². The number of aryl methyl sites for hydroxylation is 1. The number of benzene rings is 2. The number of rotatable bonds is 4. The molecule has 3 rings (SSSR count). The highest BCUT2D eigenvalue weighted by Gasteiger charge is 2.23. The topological polar surface area (TPSA) is 21.3 Å². The number of nitrogens with one attached hydrogen (secondary N) is 1. The van der Waals surface area contributed by atoms with Gasteiger partial charge in [-0.2, -0.15) is 0 Å². The normalized spacial score (nSPS) is 18.1. The van der Waals surface area contributed by atoms with Crippen LogP contribution in [-0.4, -0.2) is 12.6 Å². The summed E-state index contributed by atoms with van der Waals surface area (Å²) in [5, 5.41) is 4.32. The van der Waals surface area contributed by atoms with Gasteiger partial charge in [-0.3, -0.25) is 0 Å². The SMILES string of the molecule is Cc1ccc2c(c1)CC(CN[C@H](C)c1ccc(Cl)cc1)O2. The van der Waals surface area contributed by atoms with E-state index in [0.717, 1.165) is 23.7 Å². The summed E-state index contributed by atoms with van der Waals surface area (Å²) < 4.78 is 5.98. The first-order chi connectivity index (χ1) is 10.1. The lowest BCUT2D eigenvalue weighted by atomic mass is 10.1. The molecule has 0 spiro atoms. The predicted octanol–water partition coefficient (Wildman–Crippen LogP) is 4.30. The first kappa shape index (κ1) is 14.4. The molecule has 2 atom stereocenters. The Labute approximate surface area is 131 Å². The Morgan fingerprint density at radius 2 is 2.00 bits per heavy atom. The molecule has 1 N–H and O–H groups in total. The lowest BCUT2D eigenvalue weighted by Crippen LogP contribution is -2.31. The molecule has 1 unspecified atom stereocenters. The highest BCUT2D eigenvalue weighted by atomic mass is 35.5. The van der Waals surface area contributed by atoms with Crippen LogP contribution in [0.2, 0.25) is 5.02 Å². The van der Waals surface area contributed by atoms with E-state index in [4.69, 9.17) is 16.3 Å². The van der Waals surface area contributed by atoms with Crippen molar-refractivity contribution in [3.05, 3.63) is 64.2 Å². The van der Waals surface area contributed by atoms with E-state index in [9.17, 15) is 0 Å². The molecule has 2 aromatic rings. The Bertz CT molecular complexity index is 624. The lowest BCUT2D eigenvalue weighted by Gasteiger charge is -2.17. The van der Waals surface area contributed by atoms with Crippen molar-refractivity contribution in [2.45, 2.75) is 32.4 Å². The van der Waals surface area contributed by atoms with E-state index in [2.05, 4.69) is 49.5 Å². The molecule has 1 aliphatic rings. The average molecular weight is 302 g/mol. The van der Waals surface area contributed by atoms with Gasteiger partial charge in [0, 0.05) is 24.0 Å². The maximum Gasteiger partial charge on any atom is 0.123 e. The molecule has 1 aliphatic heterocycles. The second kappa shape index (κ2) is 6.08. The van der Waals surface area contributed by atoms with Crippen molar-refractivity contribution in [2.75, 3.05) is 6.54 Å². The monoisotopic (exact) mass is 301 g/mol. The zero-order valence-electron chi connectivity index (χ0n) is 12.4. The van der Waals surface area contributed by atoms with Crippen molar-refractivity contribution in [2.24, 2.45) is 0 Å². The van der Waals surface area contributed by atoms with Crippen LogP contribution in [0.5, 0.6) is 5.75 Å². The van der Waals surface area contributed by atoms with E-state index >= 15 is 0 Å². The first-order valence-corrected chi connectivity index (χ1v) is 7.74. The molecule has 0 fully saturated rings. The molecule has 0 aliphatic carbocycles. The molecule has 110 valence electrons. The minimum absolute atomic E-state index is 0.219. The summed E-state index contributed by atoms with van der Waals surface area (Å²) in [7, 11) is 0. The highest BCUT2D eigenvalue weighted by molar-refractivity contribution is 6.30. The smallest absolute Gasteiger partial charge is 0.123 e. The van der Waals surface area contributed by atoms with E-state index in [1.54, 1.807) is 0 Å². The van der Waals surface area contributed by atoms with E-state index in [-0.39, 0.29) is 12.1 Å². The third-order valence-corrected chi connectivity index (χ3v) is 4.23. The average Bonchev–Trinajstić information content (AvgIpc) is 2.87. The van der Waals surface area contributed by atoms with Gasteiger partial charge in [-0.05, 0) is 43.2 Å². The van der Waals surface area contributed by atoms with Gasteiger partial charge in [0.2, 0.25) is 0 Å². The molecule has 0 amide bonds. The Morgan fingerprint density at radius 3 is 2.76 bits per heavy atom. The summed E-state index contributed by atoms with van der Waals surface area (Å²) in [5.41, 5.74) is 3.85. The Balaban J connectivity index is 1.56. The Morgan fingerprint density at radius 1 is 1.24 bits per heavy atom. The van der Waals surface area contributed by atoms with Crippen LogP contribution < -0.4 is 10.1 Å². The zero-order valence-corrected chi connectivity index (χ0v) is 13.2. The highest BCUT2D eigenvalue weighted by Crippen LogP contribution is 2.29. The van der Waals surface area contributed by atoms with Crippen molar-refractivity contribution in [1.82, 2.24) is 5.32 Å². The molecular formula is C18H20ClNO. The minimum atomic E-state index is 0.219. The molecule has 2 aromatic carbocycles. The van der Waals surface area contributed by atoms with Crippen LogP contribution in [0.1, 0.15) is 29.7 Å². The summed E-state index contributed by atoms with van der Waals surface area (Å²) in [6.07, 6.45) is 1.20. The van der Waals surface area contributed by atoms with Gasteiger partial charge in [-0.25, -0.2) is 0 Å². The molecule has 0 aromatic heterocycles. The Hall–Kier alpha value is -1.51. The fourth-order valence-electron chi connectivity index (χ4n) is 2.74. The second-order valence-corrected chi connectivity index (χ2v) is 6.17. The molecular weight excluding hydrogens is 282 g/mol. The van der Waals surface area contributed by atoms with Crippen molar-refractivity contribution in [3.8, 4) is 5.75 Å². The van der Waals surface area contributed by atoms with Crippen LogP contribution in [-0.2, 0) is 6.42 Å². The van der Waals surface area contributed by atoms with Crippen LogP contribution >= 0.6 is 11.6 Å². The lowest BCUT2D eigenvalue weighted by molar-refractivity contribution is 0.222. The van der Waals surface area contributed by atoms with Gasteiger partial charge in [-0.15, -0.1) is 0 Å². The summed E-state index contributed by atoms with van der Waals surface area (Å²) in [6, 6.07) is 14.7. The number of ether oxygens (including phenoxy) is 1.